The molecule has 1 saturated heterocycles. The lowest BCUT2D eigenvalue weighted by atomic mass is 9.80. The zero-order valence-corrected chi connectivity index (χ0v) is 13.2. The van der Waals surface area contributed by atoms with Gasteiger partial charge < -0.3 is 5.11 Å². The molecule has 1 aromatic heterocycles. The quantitative estimate of drug-likeness (QED) is 0.932. The van der Waals surface area contributed by atoms with Crippen LogP contribution in [-0.4, -0.2) is 30.9 Å². The van der Waals surface area contributed by atoms with Crippen LogP contribution in [0.1, 0.15) is 32.8 Å². The molecule has 1 atom stereocenters. The number of nitrogens with zero attached hydrogens (tertiary/aromatic N) is 1. The molecule has 4 nitrogen and oxygen atoms in total. The van der Waals surface area contributed by atoms with E-state index in [1.165, 1.54) is 11.3 Å². The molecule has 1 aromatic rings. The molecular formula is C13H21NO3S2. The van der Waals surface area contributed by atoms with Crippen LogP contribution in [0.4, 0.5) is 0 Å². The van der Waals surface area contributed by atoms with E-state index >= 15 is 0 Å². The van der Waals surface area contributed by atoms with Gasteiger partial charge in [-0.3, -0.25) is 0 Å². The molecule has 1 aliphatic rings. The van der Waals surface area contributed by atoms with Gasteiger partial charge in [-0.05, 0) is 34.8 Å². The van der Waals surface area contributed by atoms with Crippen molar-refractivity contribution in [3.63, 3.8) is 0 Å². The van der Waals surface area contributed by atoms with E-state index in [1.54, 1.807) is 15.8 Å². The maximum atomic E-state index is 12.5. The minimum absolute atomic E-state index is 0.114. The second kappa shape index (κ2) is 5.16. The Kier molecular flexibility index (Phi) is 4.07. The van der Waals surface area contributed by atoms with Crippen LogP contribution < -0.4 is 0 Å². The molecule has 19 heavy (non-hydrogen) atoms. The Labute approximate surface area is 119 Å². The van der Waals surface area contributed by atoms with Crippen LogP contribution in [0.5, 0.6) is 0 Å². The molecule has 0 radical (unpaired) electrons. The predicted molar refractivity (Wildman–Crippen MR) is 76.6 cm³/mol. The lowest BCUT2D eigenvalue weighted by Crippen LogP contribution is -2.30. The third-order valence-electron chi connectivity index (χ3n) is 3.78. The summed E-state index contributed by atoms with van der Waals surface area (Å²) in [6.45, 7) is 7.54. The van der Waals surface area contributed by atoms with Gasteiger partial charge in [0.15, 0.2) is 0 Å². The van der Waals surface area contributed by atoms with Gasteiger partial charge in [-0.1, -0.05) is 20.8 Å². The topological polar surface area (TPSA) is 57.6 Å². The van der Waals surface area contributed by atoms with E-state index in [9.17, 15) is 8.42 Å². The molecule has 2 heterocycles. The van der Waals surface area contributed by atoms with Crippen molar-refractivity contribution in [1.29, 1.82) is 0 Å². The smallest absolute Gasteiger partial charge is 0.252 e. The fourth-order valence-electron chi connectivity index (χ4n) is 2.35. The first-order valence-corrected chi connectivity index (χ1v) is 8.75. The summed E-state index contributed by atoms with van der Waals surface area (Å²) in [5, 5.41) is 10.7. The molecular weight excluding hydrogens is 282 g/mol. The van der Waals surface area contributed by atoms with E-state index < -0.39 is 10.0 Å². The molecule has 0 aliphatic carbocycles. The van der Waals surface area contributed by atoms with Crippen LogP contribution in [0.2, 0.25) is 0 Å². The number of hydrogen-bond acceptors (Lipinski definition) is 4. The molecule has 2 rings (SSSR count). The van der Waals surface area contributed by atoms with Gasteiger partial charge in [-0.25, -0.2) is 8.42 Å². The molecule has 0 aromatic carbocycles. The minimum atomic E-state index is -3.38. The molecule has 6 heteroatoms. The van der Waals surface area contributed by atoms with Crippen LogP contribution in [0.15, 0.2) is 15.7 Å². The SMILES string of the molecule is CC(C)(C)C1CCN(S(=O)(=O)c2cc(CO)cs2)C1. The summed E-state index contributed by atoms with van der Waals surface area (Å²) in [6.07, 6.45) is 0.918. The molecule has 1 aliphatic heterocycles. The number of hydrogen-bond donors (Lipinski definition) is 1. The third-order valence-corrected chi connectivity index (χ3v) is 7.11. The van der Waals surface area contributed by atoms with Gasteiger partial charge in [-0.2, -0.15) is 4.31 Å². The molecule has 0 amide bonds. The second-order valence-electron chi connectivity index (χ2n) is 6.15. The van der Waals surface area contributed by atoms with Crippen molar-refractivity contribution in [2.24, 2.45) is 11.3 Å². The standard InChI is InChI=1S/C13H21NO3S2/c1-13(2,3)11-4-5-14(7-11)19(16,17)12-6-10(8-15)9-18-12/h6,9,11,15H,4-5,7-8H2,1-3H3. The van der Waals surface area contributed by atoms with E-state index in [0.29, 0.717) is 28.8 Å². The largest absolute Gasteiger partial charge is 0.392 e. The first-order valence-electron chi connectivity index (χ1n) is 6.43. The first-order chi connectivity index (χ1) is 8.75. The van der Waals surface area contributed by atoms with Crippen LogP contribution in [0.3, 0.4) is 0 Å². The Morgan fingerprint density at radius 1 is 1.47 bits per heavy atom. The summed E-state index contributed by atoms with van der Waals surface area (Å²) >= 11 is 1.19. The Balaban J connectivity index is 2.18. The van der Waals surface area contributed by atoms with Gasteiger partial charge in [-0.15, -0.1) is 11.3 Å². The highest BCUT2D eigenvalue weighted by Gasteiger charge is 2.38. The first kappa shape index (κ1) is 15.0. The highest BCUT2D eigenvalue weighted by molar-refractivity contribution is 7.91. The summed E-state index contributed by atoms with van der Waals surface area (Å²) in [5.74, 6) is 0.402. The molecule has 1 unspecified atom stereocenters. The Morgan fingerprint density at radius 2 is 2.16 bits per heavy atom. The van der Waals surface area contributed by atoms with Crippen molar-refractivity contribution in [1.82, 2.24) is 4.31 Å². The van der Waals surface area contributed by atoms with Gasteiger partial charge in [0.2, 0.25) is 0 Å². The summed E-state index contributed by atoms with van der Waals surface area (Å²) in [4.78, 5) is 0. The maximum Gasteiger partial charge on any atom is 0.252 e. The monoisotopic (exact) mass is 303 g/mol. The second-order valence-corrected chi connectivity index (χ2v) is 9.22. The van der Waals surface area contributed by atoms with Crippen LogP contribution >= 0.6 is 11.3 Å². The fourth-order valence-corrected chi connectivity index (χ4v) is 5.21. The summed E-state index contributed by atoms with van der Waals surface area (Å²) in [7, 11) is -3.38. The summed E-state index contributed by atoms with van der Waals surface area (Å²) in [6, 6.07) is 1.57. The number of aliphatic hydroxyl groups is 1. The Hall–Kier alpha value is -0.430. The minimum Gasteiger partial charge on any atom is -0.392 e. The Morgan fingerprint density at radius 3 is 2.63 bits per heavy atom. The van der Waals surface area contributed by atoms with Crippen molar-refractivity contribution in [2.75, 3.05) is 13.1 Å². The zero-order valence-electron chi connectivity index (χ0n) is 11.6. The van der Waals surface area contributed by atoms with E-state index in [4.69, 9.17) is 5.11 Å². The number of thiophene rings is 1. The molecule has 108 valence electrons. The van der Waals surface area contributed by atoms with Crippen LogP contribution in [-0.2, 0) is 16.6 Å². The van der Waals surface area contributed by atoms with Crippen LogP contribution in [0, 0.1) is 11.3 Å². The van der Waals surface area contributed by atoms with Crippen molar-refractivity contribution in [2.45, 2.75) is 38.0 Å². The zero-order chi connectivity index (χ0) is 14.3. The van der Waals surface area contributed by atoms with Gasteiger partial charge in [0.25, 0.3) is 10.0 Å². The van der Waals surface area contributed by atoms with E-state index in [0.717, 1.165) is 6.42 Å². The van der Waals surface area contributed by atoms with E-state index in [1.807, 2.05) is 0 Å². The average molecular weight is 303 g/mol. The van der Waals surface area contributed by atoms with Gasteiger partial charge in [0.05, 0.1) is 6.61 Å². The fraction of sp³-hybridized carbons (Fsp3) is 0.692. The van der Waals surface area contributed by atoms with Crippen molar-refractivity contribution in [3.05, 3.63) is 17.0 Å². The average Bonchev–Trinajstić information content (AvgIpc) is 2.98. The van der Waals surface area contributed by atoms with Crippen molar-refractivity contribution < 1.29 is 13.5 Å². The number of aliphatic hydroxyl groups excluding tert-OH is 1. The molecule has 0 saturated carbocycles. The summed E-state index contributed by atoms with van der Waals surface area (Å²) < 4.78 is 26.9. The van der Waals surface area contributed by atoms with Gasteiger partial charge in [0, 0.05) is 13.1 Å². The predicted octanol–water partition coefficient (Wildman–Crippen LogP) is 2.30. The molecule has 1 N–H and O–H groups in total. The lowest BCUT2D eigenvalue weighted by molar-refractivity contribution is 0.252. The van der Waals surface area contributed by atoms with Gasteiger partial charge >= 0.3 is 0 Å². The number of sulfonamides is 1. The number of rotatable bonds is 3. The lowest BCUT2D eigenvalue weighted by Gasteiger charge is -2.26. The third kappa shape index (κ3) is 3.02. The maximum absolute atomic E-state index is 12.5. The highest BCUT2D eigenvalue weighted by atomic mass is 32.2. The van der Waals surface area contributed by atoms with Crippen LogP contribution in [0.25, 0.3) is 0 Å². The normalized spacial score (nSPS) is 22.0. The van der Waals surface area contributed by atoms with Crippen molar-refractivity contribution in [3.8, 4) is 0 Å². The van der Waals surface area contributed by atoms with E-state index in [2.05, 4.69) is 20.8 Å². The van der Waals surface area contributed by atoms with Gasteiger partial charge in [0.1, 0.15) is 4.21 Å². The van der Waals surface area contributed by atoms with Crippen molar-refractivity contribution >= 4 is 21.4 Å². The Bertz CT molecular complexity index is 542. The molecule has 0 spiro atoms. The summed E-state index contributed by atoms with van der Waals surface area (Å²) in [5.41, 5.74) is 0.797. The highest BCUT2D eigenvalue weighted by Crippen LogP contribution is 2.36. The molecule has 0 bridgehead atoms. The van der Waals surface area contributed by atoms with E-state index in [-0.39, 0.29) is 12.0 Å². The molecule has 1 fully saturated rings.